The molecule has 0 aromatic heterocycles. The maximum Gasteiger partial charge on any atom is 0.0732 e. The Morgan fingerprint density at radius 3 is 2.79 bits per heavy atom. The van der Waals surface area contributed by atoms with Crippen LogP contribution in [0.5, 0.6) is 0 Å². The summed E-state index contributed by atoms with van der Waals surface area (Å²) in [4.78, 5) is 0. The number of rotatable bonds is 4. The van der Waals surface area contributed by atoms with Gasteiger partial charge in [-0.1, -0.05) is 25.5 Å². The second-order valence-corrected chi connectivity index (χ2v) is 4.68. The molecule has 0 radical (unpaired) electrons. The highest BCUT2D eigenvalue weighted by atomic mass is 127. The van der Waals surface area contributed by atoms with Crippen LogP contribution in [0.15, 0.2) is 24.3 Å². The van der Waals surface area contributed by atoms with Gasteiger partial charge >= 0.3 is 0 Å². The van der Waals surface area contributed by atoms with E-state index in [4.69, 9.17) is 5.73 Å². The highest BCUT2D eigenvalue weighted by Crippen LogP contribution is 2.19. The van der Waals surface area contributed by atoms with Gasteiger partial charge in [0.1, 0.15) is 0 Å². The third-order valence-corrected chi connectivity index (χ3v) is 2.90. The molecule has 0 saturated heterocycles. The predicted octanol–water partition coefficient (Wildman–Crippen LogP) is 2.45. The maximum atomic E-state index is 9.73. The van der Waals surface area contributed by atoms with E-state index in [9.17, 15) is 5.11 Å². The van der Waals surface area contributed by atoms with Crippen LogP contribution in [0, 0.1) is 3.57 Å². The van der Waals surface area contributed by atoms with Crippen molar-refractivity contribution in [1.82, 2.24) is 0 Å². The van der Waals surface area contributed by atoms with E-state index in [1.165, 1.54) is 0 Å². The Morgan fingerprint density at radius 1 is 1.50 bits per heavy atom. The minimum Gasteiger partial charge on any atom is -0.391 e. The highest BCUT2D eigenvalue weighted by Gasteiger charge is 2.15. The van der Waals surface area contributed by atoms with Gasteiger partial charge in [0.05, 0.1) is 12.1 Å². The zero-order valence-electron chi connectivity index (χ0n) is 8.28. The Morgan fingerprint density at radius 2 is 2.21 bits per heavy atom. The molecule has 2 atom stereocenters. The fourth-order valence-corrected chi connectivity index (χ4v) is 1.98. The number of halogens is 1. The van der Waals surface area contributed by atoms with Gasteiger partial charge in [-0.05, 0) is 46.7 Å². The molecular formula is C11H16INO. The van der Waals surface area contributed by atoms with Crippen LogP contribution in [0.2, 0.25) is 0 Å². The van der Waals surface area contributed by atoms with E-state index in [2.05, 4.69) is 22.6 Å². The first-order chi connectivity index (χ1) is 6.65. The number of aliphatic hydroxyl groups excluding tert-OH is 1. The van der Waals surface area contributed by atoms with Gasteiger partial charge in [-0.15, -0.1) is 0 Å². The van der Waals surface area contributed by atoms with Crippen molar-refractivity contribution in [2.24, 2.45) is 5.73 Å². The summed E-state index contributed by atoms with van der Waals surface area (Å²) < 4.78 is 1.15. The summed E-state index contributed by atoms with van der Waals surface area (Å²) in [6.45, 7) is 2.05. The molecule has 1 aromatic rings. The number of nitrogens with two attached hydrogens (primary N) is 1. The lowest BCUT2D eigenvalue weighted by molar-refractivity contribution is 0.134. The van der Waals surface area contributed by atoms with Crippen molar-refractivity contribution in [2.75, 3.05) is 0 Å². The summed E-state index contributed by atoms with van der Waals surface area (Å²) in [7, 11) is 0. The highest BCUT2D eigenvalue weighted by molar-refractivity contribution is 14.1. The van der Waals surface area contributed by atoms with Crippen molar-refractivity contribution >= 4 is 22.6 Å². The van der Waals surface area contributed by atoms with Gasteiger partial charge < -0.3 is 10.8 Å². The maximum absolute atomic E-state index is 9.73. The van der Waals surface area contributed by atoms with Crippen LogP contribution in [0.3, 0.4) is 0 Å². The largest absolute Gasteiger partial charge is 0.391 e. The summed E-state index contributed by atoms with van der Waals surface area (Å²) in [6, 6.07) is 7.71. The monoisotopic (exact) mass is 305 g/mol. The average molecular weight is 305 g/mol. The van der Waals surface area contributed by atoms with Crippen LogP contribution in [-0.4, -0.2) is 11.2 Å². The molecule has 0 spiro atoms. The molecule has 1 aromatic carbocycles. The Hall–Kier alpha value is -0.130. The van der Waals surface area contributed by atoms with Gasteiger partial charge in [0.2, 0.25) is 0 Å². The van der Waals surface area contributed by atoms with Crippen LogP contribution in [0.1, 0.15) is 31.4 Å². The summed E-state index contributed by atoms with van der Waals surface area (Å²) in [5, 5.41) is 9.73. The SMILES string of the molecule is CCC[C@@H](O)[C@@H](N)c1cccc(I)c1. The van der Waals surface area contributed by atoms with E-state index in [1.54, 1.807) is 0 Å². The molecule has 78 valence electrons. The third-order valence-electron chi connectivity index (χ3n) is 2.23. The molecular weight excluding hydrogens is 289 g/mol. The van der Waals surface area contributed by atoms with Gasteiger partial charge in [-0.25, -0.2) is 0 Å². The van der Waals surface area contributed by atoms with Crippen LogP contribution in [-0.2, 0) is 0 Å². The van der Waals surface area contributed by atoms with Crippen molar-refractivity contribution in [3.8, 4) is 0 Å². The van der Waals surface area contributed by atoms with E-state index >= 15 is 0 Å². The number of aliphatic hydroxyl groups is 1. The molecule has 14 heavy (non-hydrogen) atoms. The second-order valence-electron chi connectivity index (χ2n) is 3.44. The van der Waals surface area contributed by atoms with Crippen LogP contribution in [0.4, 0.5) is 0 Å². The van der Waals surface area contributed by atoms with E-state index in [0.29, 0.717) is 0 Å². The Labute approximate surface area is 98.7 Å². The molecule has 0 bridgehead atoms. The zero-order valence-corrected chi connectivity index (χ0v) is 10.4. The molecule has 0 heterocycles. The molecule has 0 unspecified atom stereocenters. The first-order valence-electron chi connectivity index (χ1n) is 4.84. The Kier molecular flexibility index (Phi) is 4.84. The lowest BCUT2D eigenvalue weighted by atomic mass is 9.99. The van der Waals surface area contributed by atoms with Crippen molar-refractivity contribution in [1.29, 1.82) is 0 Å². The summed E-state index contributed by atoms with van der Waals surface area (Å²) in [5.41, 5.74) is 6.95. The van der Waals surface area contributed by atoms with E-state index in [0.717, 1.165) is 22.0 Å². The van der Waals surface area contributed by atoms with Gasteiger partial charge in [0, 0.05) is 3.57 Å². The van der Waals surface area contributed by atoms with Crippen LogP contribution < -0.4 is 5.73 Å². The van der Waals surface area contributed by atoms with Gasteiger partial charge in [0.25, 0.3) is 0 Å². The molecule has 0 saturated carbocycles. The van der Waals surface area contributed by atoms with Gasteiger partial charge in [-0.3, -0.25) is 0 Å². The second kappa shape index (κ2) is 5.68. The van der Waals surface area contributed by atoms with Gasteiger partial charge in [-0.2, -0.15) is 0 Å². The lowest BCUT2D eigenvalue weighted by Crippen LogP contribution is -2.25. The fraction of sp³-hybridized carbons (Fsp3) is 0.455. The number of hydrogen-bond acceptors (Lipinski definition) is 2. The van der Waals surface area contributed by atoms with Crippen LogP contribution in [0.25, 0.3) is 0 Å². The van der Waals surface area contributed by atoms with Crippen molar-refractivity contribution in [3.63, 3.8) is 0 Å². The zero-order chi connectivity index (χ0) is 10.6. The molecule has 1 rings (SSSR count). The predicted molar refractivity (Wildman–Crippen MR) is 67.0 cm³/mol. The normalized spacial score (nSPS) is 15.1. The number of benzene rings is 1. The molecule has 0 amide bonds. The smallest absolute Gasteiger partial charge is 0.0732 e. The Bertz CT molecular complexity index is 290. The van der Waals surface area contributed by atoms with E-state index < -0.39 is 6.10 Å². The minimum atomic E-state index is -0.432. The Balaban J connectivity index is 2.73. The molecule has 2 nitrogen and oxygen atoms in total. The van der Waals surface area contributed by atoms with Crippen molar-refractivity contribution in [3.05, 3.63) is 33.4 Å². The molecule has 0 aliphatic carbocycles. The third kappa shape index (κ3) is 3.22. The standard InChI is InChI=1S/C11H16INO/c1-2-4-10(14)11(13)8-5-3-6-9(12)7-8/h3,5-7,10-11,14H,2,4,13H2,1H3/t10-,11+/m1/s1. The van der Waals surface area contributed by atoms with E-state index in [1.807, 2.05) is 31.2 Å². The topological polar surface area (TPSA) is 46.2 Å². The van der Waals surface area contributed by atoms with Crippen molar-refractivity contribution < 1.29 is 5.11 Å². The summed E-state index contributed by atoms with van der Waals surface area (Å²) in [6.07, 6.45) is 1.28. The molecule has 3 heteroatoms. The average Bonchev–Trinajstić information content (AvgIpc) is 2.17. The quantitative estimate of drug-likeness (QED) is 0.839. The van der Waals surface area contributed by atoms with E-state index in [-0.39, 0.29) is 6.04 Å². The summed E-state index contributed by atoms with van der Waals surface area (Å²) >= 11 is 2.25. The lowest BCUT2D eigenvalue weighted by Gasteiger charge is -2.18. The fourth-order valence-electron chi connectivity index (χ4n) is 1.41. The van der Waals surface area contributed by atoms with Crippen LogP contribution >= 0.6 is 22.6 Å². The van der Waals surface area contributed by atoms with Crippen molar-refractivity contribution in [2.45, 2.75) is 31.9 Å². The van der Waals surface area contributed by atoms with Gasteiger partial charge in [0.15, 0.2) is 0 Å². The number of hydrogen-bond donors (Lipinski definition) is 2. The first-order valence-corrected chi connectivity index (χ1v) is 5.92. The molecule has 0 aliphatic rings. The molecule has 3 N–H and O–H groups in total. The first kappa shape index (κ1) is 11.9. The minimum absolute atomic E-state index is 0.260. The molecule has 0 fully saturated rings. The molecule has 0 aliphatic heterocycles. The summed E-state index contributed by atoms with van der Waals surface area (Å²) in [5.74, 6) is 0.